The molecule has 1 aliphatic heterocycles. The van der Waals surface area contributed by atoms with Crippen LogP contribution in [0, 0.1) is 0 Å². The SMILES string of the molecule is Cn1c2nc(C(c3cccc4c3C=NC4)S(=O)(=O)c3ccccc3)sc2c2cnn(Cc3cccc4[nH]ncc34)c(=O)c21. The Kier molecular flexibility index (Phi) is 5.71. The van der Waals surface area contributed by atoms with Gasteiger partial charge >= 0.3 is 0 Å². The third kappa shape index (κ3) is 3.90. The Morgan fingerprint density at radius 1 is 1.00 bits per heavy atom. The highest BCUT2D eigenvalue weighted by atomic mass is 32.2. The lowest BCUT2D eigenvalue weighted by molar-refractivity contribution is 0.589. The van der Waals surface area contributed by atoms with E-state index in [4.69, 9.17) is 4.98 Å². The van der Waals surface area contributed by atoms with Gasteiger partial charge in [-0.2, -0.15) is 10.2 Å². The molecule has 1 unspecified atom stereocenters. The van der Waals surface area contributed by atoms with Crippen molar-refractivity contribution in [1.29, 1.82) is 0 Å². The number of aromatic amines is 1. The minimum absolute atomic E-state index is 0.217. The van der Waals surface area contributed by atoms with Crippen molar-refractivity contribution in [3.8, 4) is 0 Å². The summed E-state index contributed by atoms with van der Waals surface area (Å²) in [5.74, 6) is 0. The Morgan fingerprint density at radius 2 is 1.84 bits per heavy atom. The molecule has 10 nitrogen and oxygen atoms in total. The van der Waals surface area contributed by atoms with E-state index in [0.717, 1.165) is 32.3 Å². The average Bonchev–Trinajstić information content (AvgIpc) is 3.81. The number of aliphatic imine (C=N–C) groups is 1. The highest BCUT2D eigenvalue weighted by molar-refractivity contribution is 7.92. The van der Waals surface area contributed by atoms with E-state index >= 15 is 0 Å². The van der Waals surface area contributed by atoms with Gasteiger partial charge in [-0.25, -0.2) is 18.1 Å². The van der Waals surface area contributed by atoms with E-state index in [1.165, 1.54) is 16.0 Å². The maximum Gasteiger partial charge on any atom is 0.291 e. The van der Waals surface area contributed by atoms with Gasteiger partial charge in [0, 0.05) is 29.6 Å². The fraction of sp³-hybridized carbons (Fsp3) is 0.129. The molecule has 0 radical (unpaired) electrons. The van der Waals surface area contributed by atoms with Gasteiger partial charge < -0.3 is 4.57 Å². The number of nitrogens with zero attached hydrogens (tertiary/aromatic N) is 6. The van der Waals surface area contributed by atoms with Crippen molar-refractivity contribution in [3.63, 3.8) is 0 Å². The van der Waals surface area contributed by atoms with Crippen LogP contribution >= 0.6 is 11.3 Å². The van der Waals surface area contributed by atoms with Crippen LogP contribution in [0.15, 0.2) is 93.8 Å². The van der Waals surface area contributed by atoms with Crippen LogP contribution in [0.3, 0.4) is 0 Å². The Balaban J connectivity index is 1.29. The van der Waals surface area contributed by atoms with Crippen LogP contribution in [0.5, 0.6) is 0 Å². The third-order valence-electron chi connectivity index (χ3n) is 8.04. The van der Waals surface area contributed by atoms with E-state index in [1.54, 1.807) is 60.6 Å². The molecule has 0 spiro atoms. The monoisotopic (exact) mass is 605 g/mol. The molecule has 1 aliphatic rings. The van der Waals surface area contributed by atoms with Crippen molar-refractivity contribution in [1.82, 2.24) is 29.5 Å². The van der Waals surface area contributed by atoms with Crippen molar-refractivity contribution in [2.24, 2.45) is 12.0 Å². The zero-order chi connectivity index (χ0) is 29.3. The largest absolute Gasteiger partial charge is 0.323 e. The molecule has 0 fully saturated rings. The number of H-pyrrole nitrogens is 1. The lowest BCUT2D eigenvalue weighted by atomic mass is 10.0. The number of thiazole rings is 1. The van der Waals surface area contributed by atoms with Gasteiger partial charge in [-0.3, -0.25) is 14.9 Å². The zero-order valence-electron chi connectivity index (χ0n) is 22.8. The van der Waals surface area contributed by atoms with Crippen LogP contribution in [0.2, 0.25) is 0 Å². The summed E-state index contributed by atoms with van der Waals surface area (Å²) in [6.45, 7) is 0.792. The maximum absolute atomic E-state index is 14.3. The Morgan fingerprint density at radius 3 is 2.70 bits per heavy atom. The number of nitrogens with one attached hydrogen (secondary N) is 1. The summed E-state index contributed by atoms with van der Waals surface area (Å²) < 4.78 is 32.4. The quantitative estimate of drug-likeness (QED) is 0.291. The normalized spacial score (nSPS) is 13.8. The predicted molar refractivity (Wildman–Crippen MR) is 167 cm³/mol. The first-order valence-electron chi connectivity index (χ1n) is 13.6. The van der Waals surface area contributed by atoms with E-state index in [2.05, 4.69) is 20.3 Å². The molecule has 5 heterocycles. The molecule has 0 amide bonds. The summed E-state index contributed by atoms with van der Waals surface area (Å²) in [6, 6.07) is 19.9. The van der Waals surface area contributed by atoms with Crippen molar-refractivity contribution >= 4 is 59.5 Å². The van der Waals surface area contributed by atoms with E-state index in [0.29, 0.717) is 33.7 Å². The van der Waals surface area contributed by atoms with Crippen LogP contribution in [0.4, 0.5) is 0 Å². The fourth-order valence-corrected chi connectivity index (χ4v) is 9.23. The van der Waals surface area contributed by atoms with Gasteiger partial charge in [-0.05, 0) is 34.9 Å². The minimum Gasteiger partial charge on any atom is -0.323 e. The first kappa shape index (κ1) is 25.7. The standard InChI is InChI=1S/C31H23N7O3S2/c1-37-26-24(16-34-38(31(26)39)17-19-8-6-12-25-23(19)15-33-36-25)27-29(37)35-30(42-27)28(43(40,41)20-9-3-2-4-10-20)21-11-5-7-18-13-32-14-22(18)21/h2-12,14-16,28H,13,17H2,1H3,(H,33,36). The topological polar surface area (TPSA) is 128 Å². The van der Waals surface area contributed by atoms with Gasteiger partial charge in [-0.15, -0.1) is 11.3 Å². The second kappa shape index (κ2) is 9.54. The molecule has 4 aromatic heterocycles. The van der Waals surface area contributed by atoms with Crippen LogP contribution < -0.4 is 5.56 Å². The number of benzene rings is 3. The molecule has 43 heavy (non-hydrogen) atoms. The van der Waals surface area contributed by atoms with E-state index < -0.39 is 15.1 Å². The molecule has 0 aliphatic carbocycles. The summed E-state index contributed by atoms with van der Waals surface area (Å²) in [4.78, 5) is 23.2. The Bertz CT molecular complexity index is 2420. The molecule has 7 aromatic rings. The van der Waals surface area contributed by atoms with Crippen LogP contribution in [-0.2, 0) is 30.0 Å². The second-order valence-corrected chi connectivity index (χ2v) is 13.6. The molecule has 0 saturated heterocycles. The third-order valence-corrected chi connectivity index (χ3v) is 11.4. The predicted octanol–water partition coefficient (Wildman–Crippen LogP) is 4.77. The zero-order valence-corrected chi connectivity index (χ0v) is 24.4. The Hall–Kier alpha value is -4.94. The summed E-state index contributed by atoms with van der Waals surface area (Å²) >= 11 is 1.28. The summed E-state index contributed by atoms with van der Waals surface area (Å²) in [7, 11) is -2.11. The molecular formula is C31H23N7O3S2. The van der Waals surface area contributed by atoms with Crippen LogP contribution in [0.1, 0.15) is 32.5 Å². The van der Waals surface area contributed by atoms with Crippen LogP contribution in [0.25, 0.3) is 32.2 Å². The smallest absolute Gasteiger partial charge is 0.291 e. The Labute approximate surface area is 248 Å². The van der Waals surface area contributed by atoms with Gasteiger partial charge in [0.2, 0.25) is 0 Å². The molecular weight excluding hydrogens is 583 g/mol. The molecule has 3 aromatic carbocycles. The highest BCUT2D eigenvalue weighted by Gasteiger charge is 2.36. The number of fused-ring (bicyclic) bond motifs is 5. The maximum atomic E-state index is 14.3. The fourth-order valence-electron chi connectivity index (χ4n) is 5.93. The lowest BCUT2D eigenvalue weighted by Crippen LogP contribution is -2.24. The van der Waals surface area contributed by atoms with Gasteiger partial charge in [0.05, 0.1) is 40.6 Å². The summed E-state index contributed by atoms with van der Waals surface area (Å²) in [6.07, 6.45) is 5.16. The average molecular weight is 606 g/mol. The van der Waals surface area contributed by atoms with Gasteiger partial charge in [0.15, 0.2) is 15.5 Å². The highest BCUT2D eigenvalue weighted by Crippen LogP contribution is 2.42. The molecule has 212 valence electrons. The molecule has 12 heteroatoms. The van der Waals surface area contributed by atoms with Gasteiger partial charge in [0.1, 0.15) is 15.8 Å². The first-order valence-corrected chi connectivity index (χ1v) is 15.9. The molecule has 8 rings (SSSR count). The minimum atomic E-state index is -3.90. The van der Waals surface area contributed by atoms with Crippen molar-refractivity contribution in [2.45, 2.75) is 23.2 Å². The molecule has 1 atom stereocenters. The lowest BCUT2D eigenvalue weighted by Gasteiger charge is -2.18. The number of aryl methyl sites for hydroxylation is 1. The molecule has 1 N–H and O–H groups in total. The summed E-state index contributed by atoms with van der Waals surface area (Å²) in [5.41, 5.74) is 4.99. The van der Waals surface area contributed by atoms with Crippen molar-refractivity contribution in [2.75, 3.05) is 0 Å². The van der Waals surface area contributed by atoms with Gasteiger partial charge in [0.25, 0.3) is 5.56 Å². The first-order chi connectivity index (χ1) is 20.9. The molecule has 0 saturated carbocycles. The number of rotatable bonds is 6. The van der Waals surface area contributed by atoms with Crippen molar-refractivity contribution < 1.29 is 8.42 Å². The summed E-state index contributed by atoms with van der Waals surface area (Å²) in [5, 5.41) is 12.5. The van der Waals surface area contributed by atoms with E-state index in [-0.39, 0.29) is 17.0 Å². The second-order valence-electron chi connectivity index (χ2n) is 10.5. The number of hydrogen-bond acceptors (Lipinski definition) is 8. The number of sulfone groups is 1. The number of hydrogen-bond donors (Lipinski definition) is 1. The van der Waals surface area contributed by atoms with E-state index in [9.17, 15) is 13.2 Å². The van der Waals surface area contributed by atoms with Crippen molar-refractivity contribution in [3.05, 3.63) is 117 Å². The number of aromatic nitrogens is 6. The van der Waals surface area contributed by atoms with E-state index in [1.807, 2.05) is 36.4 Å². The van der Waals surface area contributed by atoms with Crippen LogP contribution in [-0.4, -0.2) is 44.2 Å². The van der Waals surface area contributed by atoms with Gasteiger partial charge in [-0.1, -0.05) is 48.5 Å². The molecule has 0 bridgehead atoms.